The third kappa shape index (κ3) is 4.35. The van der Waals surface area contributed by atoms with E-state index in [0.717, 1.165) is 39.4 Å². The number of fused-ring (bicyclic) bond motifs is 1. The van der Waals surface area contributed by atoms with Crippen LogP contribution in [0.25, 0.3) is 22.2 Å². The SMILES string of the molecule is CC1CCC(C)N1C[C@H]1C[C@H](n2cc(-c3cccc(OCc4ccccc4)c3)c3c(N)ncnc32)C1. The van der Waals surface area contributed by atoms with E-state index >= 15 is 0 Å². The molecule has 6 rings (SSSR count). The van der Waals surface area contributed by atoms with Gasteiger partial charge in [-0.2, -0.15) is 0 Å². The van der Waals surface area contributed by atoms with Crippen molar-refractivity contribution in [1.82, 2.24) is 19.4 Å². The van der Waals surface area contributed by atoms with Gasteiger partial charge in [0.2, 0.25) is 0 Å². The smallest absolute Gasteiger partial charge is 0.146 e. The van der Waals surface area contributed by atoms with Crippen molar-refractivity contribution < 1.29 is 4.74 Å². The van der Waals surface area contributed by atoms with Crippen LogP contribution in [0.3, 0.4) is 0 Å². The predicted octanol–water partition coefficient (Wildman–Crippen LogP) is 6.08. The number of likely N-dealkylation sites (tertiary alicyclic amines) is 1. The topological polar surface area (TPSA) is 69.2 Å². The zero-order valence-corrected chi connectivity index (χ0v) is 21.2. The lowest BCUT2D eigenvalue weighted by atomic mass is 9.79. The molecule has 0 amide bonds. The molecule has 0 radical (unpaired) electrons. The Morgan fingerprint density at radius 3 is 2.53 bits per heavy atom. The van der Waals surface area contributed by atoms with Crippen molar-refractivity contribution in [1.29, 1.82) is 0 Å². The summed E-state index contributed by atoms with van der Waals surface area (Å²) in [7, 11) is 0. The Hall–Kier alpha value is -3.38. The molecule has 2 N–H and O–H groups in total. The fraction of sp³-hybridized carbons (Fsp3) is 0.400. The number of ether oxygens (including phenoxy) is 1. The lowest BCUT2D eigenvalue weighted by Gasteiger charge is -2.40. The highest BCUT2D eigenvalue weighted by atomic mass is 16.5. The van der Waals surface area contributed by atoms with Gasteiger partial charge in [-0.3, -0.25) is 4.90 Å². The summed E-state index contributed by atoms with van der Waals surface area (Å²) in [5, 5.41) is 0.933. The molecule has 3 heterocycles. The van der Waals surface area contributed by atoms with Crippen molar-refractivity contribution in [2.24, 2.45) is 5.92 Å². The van der Waals surface area contributed by atoms with E-state index in [1.54, 1.807) is 6.33 Å². The Morgan fingerprint density at radius 2 is 1.75 bits per heavy atom. The fourth-order valence-corrected chi connectivity index (χ4v) is 6.08. The maximum Gasteiger partial charge on any atom is 0.146 e. The molecule has 4 aromatic rings. The van der Waals surface area contributed by atoms with Crippen molar-refractivity contribution in [3.63, 3.8) is 0 Å². The van der Waals surface area contributed by atoms with Crippen molar-refractivity contribution in [2.45, 2.75) is 64.3 Å². The van der Waals surface area contributed by atoms with Gasteiger partial charge < -0.3 is 15.0 Å². The first-order valence-electron chi connectivity index (χ1n) is 13.2. The van der Waals surface area contributed by atoms with E-state index in [0.29, 0.717) is 30.6 Å². The molecule has 2 aromatic carbocycles. The maximum absolute atomic E-state index is 6.40. The van der Waals surface area contributed by atoms with Crippen LogP contribution in [0, 0.1) is 5.92 Å². The van der Waals surface area contributed by atoms with E-state index in [1.165, 1.54) is 32.2 Å². The highest BCUT2D eigenvalue weighted by Crippen LogP contribution is 2.44. The second-order valence-electron chi connectivity index (χ2n) is 10.7. The highest BCUT2D eigenvalue weighted by molar-refractivity contribution is 6.00. The van der Waals surface area contributed by atoms with E-state index in [4.69, 9.17) is 10.5 Å². The lowest BCUT2D eigenvalue weighted by molar-refractivity contribution is 0.106. The molecule has 1 aliphatic heterocycles. The van der Waals surface area contributed by atoms with Crippen LogP contribution >= 0.6 is 0 Å². The van der Waals surface area contributed by atoms with Gasteiger partial charge >= 0.3 is 0 Å². The van der Waals surface area contributed by atoms with Gasteiger partial charge in [0.15, 0.2) is 0 Å². The molecule has 6 heteroatoms. The number of nitrogen functional groups attached to an aromatic ring is 1. The van der Waals surface area contributed by atoms with E-state index in [2.05, 4.69) is 63.7 Å². The van der Waals surface area contributed by atoms with E-state index in [9.17, 15) is 0 Å². The summed E-state index contributed by atoms with van der Waals surface area (Å²) in [4.78, 5) is 11.7. The molecule has 2 aliphatic rings. The average Bonchev–Trinajstić information content (AvgIpc) is 3.41. The summed E-state index contributed by atoms with van der Waals surface area (Å²) in [6, 6.07) is 20.3. The molecule has 2 unspecified atom stereocenters. The van der Waals surface area contributed by atoms with E-state index in [1.807, 2.05) is 30.3 Å². The van der Waals surface area contributed by atoms with Crippen molar-refractivity contribution in [3.8, 4) is 16.9 Å². The number of benzene rings is 2. The number of hydrogen-bond donors (Lipinski definition) is 1. The van der Waals surface area contributed by atoms with Crippen molar-refractivity contribution in [2.75, 3.05) is 12.3 Å². The third-order valence-electron chi connectivity index (χ3n) is 8.24. The van der Waals surface area contributed by atoms with Gasteiger partial charge in [-0.15, -0.1) is 0 Å². The molecule has 186 valence electrons. The molecule has 1 saturated carbocycles. The van der Waals surface area contributed by atoms with Gasteiger partial charge in [0, 0.05) is 36.4 Å². The molecule has 2 aromatic heterocycles. The number of nitrogens with zero attached hydrogens (tertiary/aromatic N) is 4. The monoisotopic (exact) mass is 481 g/mol. The predicted molar refractivity (Wildman–Crippen MR) is 145 cm³/mol. The summed E-state index contributed by atoms with van der Waals surface area (Å²) in [5.74, 6) is 2.11. The Morgan fingerprint density at radius 1 is 0.972 bits per heavy atom. The van der Waals surface area contributed by atoms with Crippen LogP contribution in [-0.2, 0) is 6.61 Å². The maximum atomic E-state index is 6.40. The third-order valence-corrected chi connectivity index (χ3v) is 8.24. The zero-order valence-electron chi connectivity index (χ0n) is 21.2. The molecule has 6 nitrogen and oxygen atoms in total. The number of anilines is 1. The summed E-state index contributed by atoms with van der Waals surface area (Å²) >= 11 is 0. The van der Waals surface area contributed by atoms with Gasteiger partial charge in [0.25, 0.3) is 0 Å². The first-order valence-corrected chi connectivity index (χ1v) is 13.2. The number of nitrogens with two attached hydrogens (primary N) is 1. The average molecular weight is 482 g/mol. The molecule has 0 bridgehead atoms. The first-order chi connectivity index (χ1) is 17.6. The van der Waals surface area contributed by atoms with Gasteiger partial charge in [0.05, 0.1) is 5.39 Å². The van der Waals surface area contributed by atoms with Crippen LogP contribution in [0.5, 0.6) is 5.75 Å². The molecular weight excluding hydrogens is 446 g/mol. The molecule has 1 saturated heterocycles. The number of hydrogen-bond acceptors (Lipinski definition) is 5. The molecular formula is C30H35N5O. The standard InChI is InChI=1S/C30H35N5O/c1-20-11-12-21(2)34(20)16-23-13-25(14-23)35-17-27(28-29(31)32-19-33-30(28)35)24-9-6-10-26(15-24)36-18-22-7-4-3-5-8-22/h3-10,15,17,19-21,23,25H,11-14,16,18H2,1-2H3,(H2,31,32,33)/t20?,21?,23-,25-. The quantitative estimate of drug-likeness (QED) is 0.346. The Kier molecular flexibility index (Phi) is 6.13. The molecule has 0 spiro atoms. The minimum atomic E-state index is 0.450. The van der Waals surface area contributed by atoms with E-state index in [-0.39, 0.29) is 0 Å². The zero-order chi connectivity index (χ0) is 24.6. The summed E-state index contributed by atoms with van der Waals surface area (Å²) in [6.07, 6.45) is 8.84. The van der Waals surface area contributed by atoms with Crippen molar-refractivity contribution in [3.05, 3.63) is 72.7 Å². The highest BCUT2D eigenvalue weighted by Gasteiger charge is 2.37. The minimum absolute atomic E-state index is 0.450. The summed E-state index contributed by atoms with van der Waals surface area (Å²) < 4.78 is 8.44. The van der Waals surface area contributed by atoms with Crippen molar-refractivity contribution >= 4 is 16.9 Å². The summed E-state index contributed by atoms with van der Waals surface area (Å²) in [6.45, 7) is 6.50. The van der Waals surface area contributed by atoms with Crippen LogP contribution in [0.4, 0.5) is 5.82 Å². The lowest BCUT2D eigenvalue weighted by Crippen LogP contribution is -2.41. The Balaban J connectivity index is 1.24. The van der Waals surface area contributed by atoms with Crippen LogP contribution in [0.2, 0.25) is 0 Å². The van der Waals surface area contributed by atoms with Crippen LogP contribution in [-0.4, -0.2) is 38.1 Å². The van der Waals surface area contributed by atoms with Crippen LogP contribution in [0.1, 0.15) is 51.1 Å². The number of rotatable bonds is 7. The van der Waals surface area contributed by atoms with Gasteiger partial charge in [-0.1, -0.05) is 42.5 Å². The Bertz CT molecular complexity index is 1330. The first kappa shape index (κ1) is 23.0. The number of aromatic nitrogens is 3. The van der Waals surface area contributed by atoms with E-state index < -0.39 is 0 Å². The minimum Gasteiger partial charge on any atom is -0.489 e. The van der Waals surface area contributed by atoms with Gasteiger partial charge in [-0.05, 0) is 68.7 Å². The fourth-order valence-electron chi connectivity index (χ4n) is 6.08. The molecule has 36 heavy (non-hydrogen) atoms. The largest absolute Gasteiger partial charge is 0.489 e. The normalized spacial score (nSPS) is 24.2. The van der Waals surface area contributed by atoms with Gasteiger partial charge in [-0.25, -0.2) is 9.97 Å². The van der Waals surface area contributed by atoms with Crippen LogP contribution in [0.15, 0.2) is 67.1 Å². The van der Waals surface area contributed by atoms with Gasteiger partial charge in [0.1, 0.15) is 30.1 Å². The second kappa shape index (κ2) is 9.58. The second-order valence-corrected chi connectivity index (χ2v) is 10.7. The molecule has 1 aliphatic carbocycles. The Labute approximate surface area is 213 Å². The van der Waals surface area contributed by atoms with Crippen LogP contribution < -0.4 is 10.5 Å². The molecule has 2 fully saturated rings. The summed E-state index contributed by atoms with van der Waals surface area (Å²) in [5.41, 5.74) is 10.6. The molecule has 2 atom stereocenters.